The predicted molar refractivity (Wildman–Crippen MR) is 122 cm³/mol. The van der Waals surface area contributed by atoms with E-state index in [4.69, 9.17) is 4.42 Å². The van der Waals surface area contributed by atoms with Crippen molar-refractivity contribution >= 4 is 22.2 Å². The van der Waals surface area contributed by atoms with Crippen molar-refractivity contribution in [1.29, 1.82) is 0 Å². The molecule has 4 nitrogen and oxygen atoms in total. The Morgan fingerprint density at radius 1 is 1.16 bits per heavy atom. The van der Waals surface area contributed by atoms with Crippen LogP contribution in [0.2, 0.25) is 0 Å². The van der Waals surface area contributed by atoms with Crippen LogP contribution in [-0.2, 0) is 12.8 Å². The molecule has 2 atom stereocenters. The highest BCUT2D eigenvalue weighted by Gasteiger charge is 2.37. The molecule has 1 aliphatic carbocycles. The van der Waals surface area contributed by atoms with Crippen molar-refractivity contribution in [3.8, 4) is 11.3 Å². The molecule has 0 saturated heterocycles. The molecule has 1 aliphatic heterocycles. The number of halogens is 1. The zero-order valence-corrected chi connectivity index (χ0v) is 18.9. The fraction of sp³-hybridized carbons (Fsp3) is 0.400. The molecule has 1 aromatic carbocycles. The standard InChI is InChI=1S/C25H27FN2O2S/c1-4-25(2,3)15-7-10-17-20(13-15)31-24-21(17)23(29)27-22(28-24)19-12-11-18(30-19)14-5-8-16(26)9-6-14/h5-6,8-9,11-12,15,22,28H,4,7,10,13H2,1-3H3,(H,27,29)/t15-,22+/m0/s1. The second-order valence-corrected chi connectivity index (χ2v) is 10.4. The molecule has 1 amide bonds. The molecule has 0 unspecified atom stereocenters. The van der Waals surface area contributed by atoms with E-state index in [0.717, 1.165) is 41.8 Å². The van der Waals surface area contributed by atoms with Gasteiger partial charge in [0.25, 0.3) is 5.91 Å². The van der Waals surface area contributed by atoms with Gasteiger partial charge in [-0.05, 0) is 72.6 Å². The lowest BCUT2D eigenvalue weighted by atomic mass is 9.69. The first kappa shape index (κ1) is 20.3. The molecule has 0 radical (unpaired) electrons. The molecule has 2 aliphatic rings. The maximum atomic E-state index is 13.2. The van der Waals surface area contributed by atoms with Crippen LogP contribution in [0.3, 0.4) is 0 Å². The van der Waals surface area contributed by atoms with Crippen molar-refractivity contribution in [3.05, 3.63) is 64.0 Å². The third-order valence-electron chi connectivity index (χ3n) is 7.10. The Bertz CT molecular complexity index is 1130. The van der Waals surface area contributed by atoms with Crippen LogP contribution in [0.25, 0.3) is 11.3 Å². The molecule has 31 heavy (non-hydrogen) atoms. The molecule has 3 heterocycles. The summed E-state index contributed by atoms with van der Waals surface area (Å²) in [6.07, 6.45) is 3.88. The number of amides is 1. The molecule has 5 rings (SSSR count). The quantitative estimate of drug-likeness (QED) is 0.486. The Labute approximate surface area is 185 Å². The summed E-state index contributed by atoms with van der Waals surface area (Å²) in [7, 11) is 0. The van der Waals surface area contributed by atoms with Crippen LogP contribution in [0.4, 0.5) is 9.39 Å². The molecular formula is C25H27FN2O2S. The summed E-state index contributed by atoms with van der Waals surface area (Å²) >= 11 is 1.72. The Balaban J connectivity index is 1.40. The minimum Gasteiger partial charge on any atom is -0.457 e. The molecule has 0 bridgehead atoms. The van der Waals surface area contributed by atoms with Crippen molar-refractivity contribution < 1.29 is 13.6 Å². The van der Waals surface area contributed by atoms with E-state index in [1.807, 2.05) is 12.1 Å². The van der Waals surface area contributed by atoms with E-state index in [1.54, 1.807) is 23.5 Å². The number of rotatable bonds is 4. The summed E-state index contributed by atoms with van der Waals surface area (Å²) in [6.45, 7) is 6.97. The third kappa shape index (κ3) is 3.57. The molecule has 162 valence electrons. The summed E-state index contributed by atoms with van der Waals surface area (Å²) in [5.74, 6) is 1.61. The van der Waals surface area contributed by atoms with Gasteiger partial charge in [-0.1, -0.05) is 27.2 Å². The zero-order valence-electron chi connectivity index (χ0n) is 18.0. The van der Waals surface area contributed by atoms with Gasteiger partial charge in [0.2, 0.25) is 0 Å². The van der Waals surface area contributed by atoms with Gasteiger partial charge in [0, 0.05) is 10.4 Å². The fourth-order valence-electron chi connectivity index (χ4n) is 4.67. The van der Waals surface area contributed by atoms with Crippen LogP contribution in [0, 0.1) is 17.2 Å². The normalized spacial score (nSPS) is 20.6. The smallest absolute Gasteiger partial charge is 0.256 e. The molecule has 0 saturated carbocycles. The number of hydrogen-bond donors (Lipinski definition) is 2. The van der Waals surface area contributed by atoms with Crippen LogP contribution >= 0.6 is 11.3 Å². The number of hydrogen-bond acceptors (Lipinski definition) is 4. The van der Waals surface area contributed by atoms with Gasteiger partial charge in [-0.15, -0.1) is 11.3 Å². The van der Waals surface area contributed by atoms with Crippen LogP contribution in [0.1, 0.15) is 66.3 Å². The number of carbonyl (C=O) groups is 1. The van der Waals surface area contributed by atoms with Gasteiger partial charge in [-0.25, -0.2) is 4.39 Å². The summed E-state index contributed by atoms with van der Waals surface area (Å²) in [5, 5.41) is 7.47. The second kappa shape index (κ2) is 7.52. The van der Waals surface area contributed by atoms with E-state index in [2.05, 4.69) is 31.4 Å². The summed E-state index contributed by atoms with van der Waals surface area (Å²) in [5.41, 5.74) is 3.14. The maximum Gasteiger partial charge on any atom is 0.256 e. The highest BCUT2D eigenvalue weighted by atomic mass is 32.1. The zero-order chi connectivity index (χ0) is 21.8. The molecular weight excluding hydrogens is 411 g/mol. The van der Waals surface area contributed by atoms with Gasteiger partial charge in [0.1, 0.15) is 22.3 Å². The van der Waals surface area contributed by atoms with Gasteiger partial charge >= 0.3 is 0 Å². The largest absolute Gasteiger partial charge is 0.457 e. The highest BCUT2D eigenvalue weighted by molar-refractivity contribution is 7.16. The van der Waals surface area contributed by atoms with Gasteiger partial charge in [0.15, 0.2) is 6.17 Å². The molecule has 0 fully saturated rings. The molecule has 3 aromatic rings. The molecule has 0 spiro atoms. The number of carbonyl (C=O) groups excluding carboxylic acids is 1. The van der Waals surface area contributed by atoms with E-state index in [-0.39, 0.29) is 11.7 Å². The van der Waals surface area contributed by atoms with Gasteiger partial charge in [0.05, 0.1) is 5.56 Å². The number of anilines is 1. The fourth-order valence-corrected chi connectivity index (χ4v) is 6.03. The molecule has 2 N–H and O–H groups in total. The lowest BCUT2D eigenvalue weighted by molar-refractivity contribution is 0.0930. The van der Waals surface area contributed by atoms with Crippen LogP contribution in [0.5, 0.6) is 0 Å². The second-order valence-electron chi connectivity index (χ2n) is 9.25. The molecule has 6 heteroatoms. The van der Waals surface area contributed by atoms with E-state index < -0.39 is 6.17 Å². The van der Waals surface area contributed by atoms with Crippen LogP contribution in [0.15, 0.2) is 40.8 Å². The minimum atomic E-state index is -0.419. The van der Waals surface area contributed by atoms with Crippen LogP contribution < -0.4 is 10.6 Å². The monoisotopic (exact) mass is 438 g/mol. The third-order valence-corrected chi connectivity index (χ3v) is 8.29. The topological polar surface area (TPSA) is 54.3 Å². The summed E-state index contributed by atoms with van der Waals surface area (Å²) < 4.78 is 19.2. The highest BCUT2D eigenvalue weighted by Crippen LogP contribution is 2.47. The number of fused-ring (bicyclic) bond motifs is 3. The number of benzene rings is 1. The Morgan fingerprint density at radius 2 is 1.94 bits per heavy atom. The van der Waals surface area contributed by atoms with Crippen molar-refractivity contribution in [2.75, 3.05) is 5.32 Å². The lowest BCUT2D eigenvalue weighted by Gasteiger charge is -2.36. The minimum absolute atomic E-state index is 0.0378. The summed E-state index contributed by atoms with van der Waals surface area (Å²) in [6, 6.07) is 9.90. The average molecular weight is 439 g/mol. The number of thiophene rings is 1. The van der Waals surface area contributed by atoms with Crippen molar-refractivity contribution in [2.24, 2.45) is 11.3 Å². The number of nitrogens with one attached hydrogen (secondary N) is 2. The molecule has 2 aromatic heterocycles. The Kier molecular flexibility index (Phi) is 4.93. The van der Waals surface area contributed by atoms with E-state index in [9.17, 15) is 9.18 Å². The van der Waals surface area contributed by atoms with Gasteiger partial charge < -0.3 is 15.1 Å². The first-order valence-electron chi connectivity index (χ1n) is 10.9. The maximum absolute atomic E-state index is 13.2. The number of furan rings is 1. The Hall–Kier alpha value is -2.60. The summed E-state index contributed by atoms with van der Waals surface area (Å²) in [4.78, 5) is 14.4. The van der Waals surface area contributed by atoms with E-state index >= 15 is 0 Å². The Morgan fingerprint density at radius 3 is 2.68 bits per heavy atom. The first-order valence-corrected chi connectivity index (χ1v) is 11.7. The SMILES string of the molecule is CCC(C)(C)[C@H]1CCc2c(sc3c2C(=O)N[C@@H](c2ccc(-c4ccc(F)cc4)o2)N3)C1. The average Bonchev–Trinajstić information content (AvgIpc) is 3.38. The van der Waals surface area contributed by atoms with Gasteiger partial charge in [-0.2, -0.15) is 0 Å². The van der Waals surface area contributed by atoms with E-state index in [1.165, 1.54) is 22.6 Å². The predicted octanol–water partition coefficient (Wildman–Crippen LogP) is 6.54. The van der Waals surface area contributed by atoms with E-state index in [0.29, 0.717) is 22.9 Å². The van der Waals surface area contributed by atoms with Crippen molar-refractivity contribution in [3.63, 3.8) is 0 Å². The van der Waals surface area contributed by atoms with Crippen molar-refractivity contribution in [1.82, 2.24) is 5.32 Å². The van der Waals surface area contributed by atoms with Crippen LogP contribution in [-0.4, -0.2) is 5.91 Å². The van der Waals surface area contributed by atoms with Crippen molar-refractivity contribution in [2.45, 2.75) is 52.6 Å². The lowest BCUT2D eigenvalue weighted by Crippen LogP contribution is -2.38. The van der Waals surface area contributed by atoms with Gasteiger partial charge in [-0.3, -0.25) is 4.79 Å². The first-order chi connectivity index (χ1) is 14.9.